The van der Waals surface area contributed by atoms with Gasteiger partial charge in [-0.05, 0) is 31.5 Å². The summed E-state index contributed by atoms with van der Waals surface area (Å²) in [5, 5.41) is 3.24. The first-order valence-electron chi connectivity index (χ1n) is 6.07. The number of sulfonamides is 1. The monoisotopic (exact) mass is 272 g/mol. The maximum Gasteiger partial charge on any atom is 0.243 e. The van der Waals surface area contributed by atoms with Crippen LogP contribution >= 0.6 is 0 Å². The van der Waals surface area contributed by atoms with Gasteiger partial charge in [0.05, 0.1) is 0 Å². The predicted molar refractivity (Wildman–Crippen MR) is 67.2 cm³/mol. The van der Waals surface area contributed by atoms with Crippen LogP contribution in [0.15, 0.2) is 29.2 Å². The van der Waals surface area contributed by atoms with E-state index in [1.807, 2.05) is 0 Å². The number of hydrogen-bond acceptors (Lipinski definition) is 3. The molecule has 6 heteroatoms. The highest BCUT2D eigenvalue weighted by Gasteiger charge is 2.20. The lowest BCUT2D eigenvalue weighted by Gasteiger charge is -2.23. The van der Waals surface area contributed by atoms with Crippen molar-refractivity contribution in [2.75, 3.05) is 13.1 Å². The van der Waals surface area contributed by atoms with Crippen molar-refractivity contribution in [2.45, 2.75) is 30.2 Å². The highest BCUT2D eigenvalue weighted by molar-refractivity contribution is 7.89. The van der Waals surface area contributed by atoms with Gasteiger partial charge in [0.2, 0.25) is 10.0 Å². The van der Waals surface area contributed by atoms with Crippen LogP contribution in [0.2, 0.25) is 0 Å². The van der Waals surface area contributed by atoms with Crippen LogP contribution in [-0.4, -0.2) is 27.5 Å². The van der Waals surface area contributed by atoms with Crippen LogP contribution in [0.4, 0.5) is 4.39 Å². The first-order chi connectivity index (χ1) is 8.59. The van der Waals surface area contributed by atoms with E-state index in [1.165, 1.54) is 18.2 Å². The summed E-state index contributed by atoms with van der Waals surface area (Å²) in [6, 6.07) is 5.53. The molecule has 4 nitrogen and oxygen atoms in total. The van der Waals surface area contributed by atoms with Gasteiger partial charge < -0.3 is 5.32 Å². The lowest BCUT2D eigenvalue weighted by Crippen LogP contribution is -2.43. The largest absolute Gasteiger partial charge is 0.313 e. The summed E-state index contributed by atoms with van der Waals surface area (Å²) in [5.74, 6) is -0.721. The topological polar surface area (TPSA) is 58.2 Å². The molecule has 1 fully saturated rings. The van der Waals surface area contributed by atoms with E-state index in [-0.39, 0.29) is 10.9 Å². The summed E-state index contributed by atoms with van der Waals surface area (Å²) < 4.78 is 39.7. The van der Waals surface area contributed by atoms with Gasteiger partial charge in [-0.1, -0.05) is 18.6 Å². The molecule has 1 aromatic rings. The van der Waals surface area contributed by atoms with E-state index >= 15 is 0 Å². The van der Waals surface area contributed by atoms with Crippen molar-refractivity contribution in [3.05, 3.63) is 30.1 Å². The Balaban J connectivity index is 2.01. The molecule has 1 atom stereocenters. The van der Waals surface area contributed by atoms with Gasteiger partial charge in [0.1, 0.15) is 10.7 Å². The predicted octanol–water partition coefficient (Wildman–Crippen LogP) is 1.25. The molecule has 0 radical (unpaired) electrons. The number of halogens is 1. The Kier molecular flexibility index (Phi) is 4.31. The second-order valence-electron chi connectivity index (χ2n) is 4.43. The Morgan fingerprint density at radius 3 is 2.78 bits per heavy atom. The van der Waals surface area contributed by atoms with Gasteiger partial charge in [0.25, 0.3) is 0 Å². The molecule has 0 aliphatic carbocycles. The maximum absolute atomic E-state index is 13.4. The molecule has 0 bridgehead atoms. The average Bonchev–Trinajstić information content (AvgIpc) is 2.38. The summed E-state index contributed by atoms with van der Waals surface area (Å²) in [7, 11) is -3.76. The summed E-state index contributed by atoms with van der Waals surface area (Å²) in [6.07, 6.45) is 3.16. The van der Waals surface area contributed by atoms with Crippen molar-refractivity contribution in [1.29, 1.82) is 0 Å². The van der Waals surface area contributed by atoms with Gasteiger partial charge in [-0.15, -0.1) is 0 Å². The quantitative estimate of drug-likeness (QED) is 0.867. The number of rotatable bonds is 4. The van der Waals surface area contributed by atoms with E-state index in [9.17, 15) is 12.8 Å². The standard InChI is InChI=1S/C12H17FN2O2S/c13-11-6-1-2-7-12(11)18(16,17)15-9-10-5-3-4-8-14-10/h1-2,6-7,10,14-15H,3-5,8-9H2/t10-/m1/s1. The van der Waals surface area contributed by atoms with E-state index in [1.54, 1.807) is 0 Å². The third-order valence-corrected chi connectivity index (χ3v) is 4.52. The van der Waals surface area contributed by atoms with Gasteiger partial charge in [-0.2, -0.15) is 0 Å². The molecule has 0 unspecified atom stereocenters. The van der Waals surface area contributed by atoms with Crippen LogP contribution in [0, 0.1) is 5.82 Å². The molecular weight excluding hydrogens is 255 g/mol. The van der Waals surface area contributed by atoms with E-state index in [2.05, 4.69) is 10.0 Å². The lowest BCUT2D eigenvalue weighted by molar-refractivity contribution is 0.398. The summed E-state index contributed by atoms with van der Waals surface area (Å²) >= 11 is 0. The SMILES string of the molecule is O=S(=O)(NC[C@H]1CCCCN1)c1ccccc1F. The zero-order chi connectivity index (χ0) is 13.0. The van der Waals surface area contributed by atoms with Gasteiger partial charge in [0, 0.05) is 12.6 Å². The van der Waals surface area contributed by atoms with Crippen molar-refractivity contribution >= 4 is 10.0 Å². The fourth-order valence-corrected chi connectivity index (χ4v) is 3.21. The molecule has 0 amide bonds. The minimum Gasteiger partial charge on any atom is -0.313 e. The minimum atomic E-state index is -3.76. The average molecular weight is 272 g/mol. The van der Waals surface area contributed by atoms with Crippen LogP contribution < -0.4 is 10.0 Å². The molecule has 0 aromatic heterocycles. The van der Waals surface area contributed by atoms with E-state index in [0.717, 1.165) is 31.9 Å². The molecule has 0 saturated carbocycles. The van der Waals surface area contributed by atoms with Crippen LogP contribution in [-0.2, 0) is 10.0 Å². The molecule has 1 aliphatic heterocycles. The molecule has 2 N–H and O–H groups in total. The van der Waals surface area contributed by atoms with Crippen LogP contribution in [0.25, 0.3) is 0 Å². The van der Waals surface area contributed by atoms with Crippen LogP contribution in [0.5, 0.6) is 0 Å². The Bertz CT molecular complexity index is 499. The second kappa shape index (κ2) is 5.77. The molecule has 2 rings (SSSR count). The van der Waals surface area contributed by atoms with Crippen molar-refractivity contribution in [3.63, 3.8) is 0 Å². The van der Waals surface area contributed by atoms with E-state index in [4.69, 9.17) is 0 Å². The normalized spacial score (nSPS) is 20.8. The van der Waals surface area contributed by atoms with Crippen LogP contribution in [0.3, 0.4) is 0 Å². The molecule has 18 heavy (non-hydrogen) atoms. The van der Waals surface area contributed by atoms with E-state index in [0.29, 0.717) is 6.54 Å². The molecule has 0 spiro atoms. The number of hydrogen-bond donors (Lipinski definition) is 2. The van der Waals surface area contributed by atoms with E-state index < -0.39 is 15.8 Å². The van der Waals surface area contributed by atoms with Crippen molar-refractivity contribution in [1.82, 2.24) is 10.0 Å². The molecular formula is C12H17FN2O2S. The Morgan fingerprint density at radius 1 is 1.33 bits per heavy atom. The number of nitrogens with one attached hydrogen (secondary N) is 2. The van der Waals surface area contributed by atoms with Gasteiger partial charge in [-0.25, -0.2) is 17.5 Å². The smallest absolute Gasteiger partial charge is 0.243 e. The summed E-state index contributed by atoms with van der Waals surface area (Å²) in [5.41, 5.74) is 0. The van der Waals surface area contributed by atoms with Crippen molar-refractivity contribution in [3.8, 4) is 0 Å². The third kappa shape index (κ3) is 3.28. The third-order valence-electron chi connectivity index (χ3n) is 3.06. The Morgan fingerprint density at radius 2 is 2.11 bits per heavy atom. The maximum atomic E-state index is 13.4. The van der Waals surface area contributed by atoms with Gasteiger partial charge >= 0.3 is 0 Å². The van der Waals surface area contributed by atoms with Gasteiger partial charge in [-0.3, -0.25) is 0 Å². The first kappa shape index (κ1) is 13.5. The minimum absolute atomic E-state index is 0.139. The fraction of sp³-hybridized carbons (Fsp3) is 0.500. The lowest BCUT2D eigenvalue weighted by atomic mass is 10.1. The highest BCUT2D eigenvalue weighted by atomic mass is 32.2. The zero-order valence-corrected chi connectivity index (χ0v) is 10.8. The Hall–Kier alpha value is -0.980. The second-order valence-corrected chi connectivity index (χ2v) is 6.16. The Labute approximate surface area is 107 Å². The molecule has 100 valence electrons. The van der Waals surface area contributed by atoms with Crippen molar-refractivity contribution in [2.24, 2.45) is 0 Å². The summed E-state index contributed by atoms with van der Waals surface area (Å²) in [6.45, 7) is 1.21. The molecule has 1 aliphatic rings. The zero-order valence-electron chi connectivity index (χ0n) is 10.0. The molecule has 1 heterocycles. The molecule has 1 aromatic carbocycles. The van der Waals surface area contributed by atoms with Crippen LogP contribution in [0.1, 0.15) is 19.3 Å². The number of piperidine rings is 1. The first-order valence-corrected chi connectivity index (χ1v) is 7.55. The highest BCUT2D eigenvalue weighted by Crippen LogP contribution is 2.13. The van der Waals surface area contributed by atoms with Crippen molar-refractivity contribution < 1.29 is 12.8 Å². The number of benzene rings is 1. The van der Waals surface area contributed by atoms with Gasteiger partial charge in [0.15, 0.2) is 0 Å². The summed E-state index contributed by atoms with van der Waals surface area (Å²) in [4.78, 5) is -0.291. The molecule has 1 saturated heterocycles. The fourth-order valence-electron chi connectivity index (χ4n) is 2.05.